The van der Waals surface area contributed by atoms with Gasteiger partial charge >= 0.3 is 12.2 Å². The van der Waals surface area contributed by atoms with Crippen LogP contribution in [0, 0.1) is 0 Å². The van der Waals surface area contributed by atoms with E-state index in [1.54, 1.807) is 0 Å². The molecule has 0 bridgehead atoms. The van der Waals surface area contributed by atoms with Crippen molar-refractivity contribution in [2.24, 2.45) is 0 Å². The SMILES string of the molecule is O=C(O)NC1CCC(NC(=O)OCC(O)Cc2ccccc2)CC1. The highest BCUT2D eigenvalue weighted by Crippen LogP contribution is 2.18. The second-order valence-corrected chi connectivity index (χ2v) is 6.08. The molecule has 1 saturated carbocycles. The molecule has 2 rings (SSSR count). The number of carbonyl (C=O) groups excluding carboxylic acids is 1. The fourth-order valence-corrected chi connectivity index (χ4v) is 2.88. The highest BCUT2D eigenvalue weighted by molar-refractivity contribution is 5.67. The van der Waals surface area contributed by atoms with Gasteiger partial charge in [0, 0.05) is 18.5 Å². The van der Waals surface area contributed by atoms with E-state index in [-0.39, 0.29) is 18.7 Å². The van der Waals surface area contributed by atoms with Gasteiger partial charge in [-0.15, -0.1) is 0 Å². The Morgan fingerprint density at radius 2 is 1.67 bits per heavy atom. The summed E-state index contributed by atoms with van der Waals surface area (Å²) < 4.78 is 5.06. The van der Waals surface area contributed by atoms with Gasteiger partial charge in [0.05, 0.1) is 6.10 Å². The minimum atomic E-state index is -1.02. The van der Waals surface area contributed by atoms with E-state index < -0.39 is 18.3 Å². The molecular formula is C17H24N2O5. The van der Waals surface area contributed by atoms with Crippen molar-refractivity contribution in [2.75, 3.05) is 6.61 Å². The highest BCUT2D eigenvalue weighted by atomic mass is 16.6. The number of aliphatic hydroxyl groups excluding tert-OH is 1. The second kappa shape index (κ2) is 9.12. The van der Waals surface area contributed by atoms with E-state index in [9.17, 15) is 14.7 Å². The van der Waals surface area contributed by atoms with Crippen molar-refractivity contribution in [3.05, 3.63) is 35.9 Å². The molecule has 2 amide bonds. The molecule has 0 radical (unpaired) electrons. The predicted octanol–water partition coefficient (Wildman–Crippen LogP) is 1.89. The van der Waals surface area contributed by atoms with Gasteiger partial charge in [-0.25, -0.2) is 9.59 Å². The van der Waals surface area contributed by atoms with Crippen LogP contribution in [0.15, 0.2) is 30.3 Å². The van der Waals surface area contributed by atoms with Gasteiger partial charge in [-0.05, 0) is 31.2 Å². The van der Waals surface area contributed by atoms with Crippen LogP contribution in [0.25, 0.3) is 0 Å². The van der Waals surface area contributed by atoms with Gasteiger partial charge < -0.3 is 25.6 Å². The summed E-state index contributed by atoms with van der Waals surface area (Å²) in [5, 5.41) is 23.8. The molecular weight excluding hydrogens is 312 g/mol. The zero-order valence-corrected chi connectivity index (χ0v) is 13.5. The summed E-state index contributed by atoms with van der Waals surface area (Å²) in [5.74, 6) is 0. The van der Waals surface area contributed by atoms with Crippen LogP contribution < -0.4 is 10.6 Å². The Kier molecular flexibility index (Phi) is 6.87. The fraction of sp³-hybridized carbons (Fsp3) is 0.529. The van der Waals surface area contributed by atoms with Gasteiger partial charge in [0.25, 0.3) is 0 Å². The van der Waals surface area contributed by atoms with Crippen LogP contribution >= 0.6 is 0 Å². The smallest absolute Gasteiger partial charge is 0.407 e. The third-order valence-corrected chi connectivity index (χ3v) is 4.10. The Morgan fingerprint density at radius 3 is 2.25 bits per heavy atom. The molecule has 0 aromatic heterocycles. The topological polar surface area (TPSA) is 108 Å². The Balaban J connectivity index is 1.62. The van der Waals surface area contributed by atoms with Crippen LogP contribution in [0.1, 0.15) is 31.2 Å². The second-order valence-electron chi connectivity index (χ2n) is 6.08. The first-order valence-electron chi connectivity index (χ1n) is 8.17. The molecule has 1 atom stereocenters. The zero-order valence-electron chi connectivity index (χ0n) is 13.5. The third-order valence-electron chi connectivity index (χ3n) is 4.10. The summed E-state index contributed by atoms with van der Waals surface area (Å²) in [6.07, 6.45) is 0.907. The third kappa shape index (κ3) is 6.45. The van der Waals surface area contributed by atoms with Gasteiger partial charge in [-0.2, -0.15) is 0 Å². The average molecular weight is 336 g/mol. The Hall–Kier alpha value is -2.28. The first-order chi connectivity index (χ1) is 11.5. The Bertz CT molecular complexity index is 529. The molecule has 0 spiro atoms. The Labute approximate surface area is 141 Å². The standard InChI is InChI=1S/C17H24N2O5/c20-15(10-12-4-2-1-3-5-12)11-24-17(23)19-14-8-6-13(7-9-14)18-16(21)22/h1-5,13-15,18,20H,6-11H2,(H,19,23)(H,21,22). The molecule has 7 nitrogen and oxygen atoms in total. The largest absolute Gasteiger partial charge is 0.465 e. The van der Waals surface area contributed by atoms with E-state index in [4.69, 9.17) is 9.84 Å². The summed E-state index contributed by atoms with van der Waals surface area (Å²) in [7, 11) is 0. The van der Waals surface area contributed by atoms with E-state index in [0.717, 1.165) is 5.56 Å². The number of carbonyl (C=O) groups is 2. The molecule has 132 valence electrons. The lowest BCUT2D eigenvalue weighted by Crippen LogP contribution is -2.44. The molecule has 1 aromatic rings. The van der Waals surface area contributed by atoms with Crippen molar-refractivity contribution < 1.29 is 24.5 Å². The quantitative estimate of drug-likeness (QED) is 0.634. The number of alkyl carbamates (subject to hydrolysis) is 1. The van der Waals surface area contributed by atoms with Crippen molar-refractivity contribution in [1.82, 2.24) is 10.6 Å². The molecule has 1 aromatic carbocycles. The van der Waals surface area contributed by atoms with Crippen LogP contribution in [0.3, 0.4) is 0 Å². The van der Waals surface area contributed by atoms with Gasteiger partial charge in [-0.1, -0.05) is 30.3 Å². The zero-order chi connectivity index (χ0) is 17.4. The molecule has 24 heavy (non-hydrogen) atoms. The van der Waals surface area contributed by atoms with Crippen LogP contribution in [0.5, 0.6) is 0 Å². The predicted molar refractivity (Wildman–Crippen MR) is 87.8 cm³/mol. The number of hydrogen-bond donors (Lipinski definition) is 4. The van der Waals surface area contributed by atoms with E-state index in [2.05, 4.69) is 10.6 Å². The molecule has 1 aliphatic rings. The van der Waals surface area contributed by atoms with Gasteiger partial charge in [0.1, 0.15) is 6.61 Å². The number of amides is 2. The molecule has 0 heterocycles. The summed E-state index contributed by atoms with van der Waals surface area (Å²) in [4.78, 5) is 22.4. The number of carboxylic acid groups (broad SMARTS) is 1. The average Bonchev–Trinajstić information content (AvgIpc) is 2.55. The number of benzene rings is 1. The maximum Gasteiger partial charge on any atom is 0.407 e. The van der Waals surface area contributed by atoms with Gasteiger partial charge in [0.15, 0.2) is 0 Å². The number of ether oxygens (including phenoxy) is 1. The minimum absolute atomic E-state index is 0.0180. The maximum atomic E-state index is 11.8. The normalized spacial score (nSPS) is 21.5. The molecule has 1 unspecified atom stereocenters. The number of rotatable bonds is 6. The van der Waals surface area contributed by atoms with E-state index in [1.807, 2.05) is 30.3 Å². The van der Waals surface area contributed by atoms with Crippen molar-refractivity contribution in [1.29, 1.82) is 0 Å². The van der Waals surface area contributed by atoms with E-state index in [0.29, 0.717) is 32.1 Å². The van der Waals surface area contributed by atoms with Crippen LogP contribution in [-0.2, 0) is 11.2 Å². The lowest BCUT2D eigenvalue weighted by molar-refractivity contribution is 0.0658. The summed E-state index contributed by atoms with van der Waals surface area (Å²) in [6, 6.07) is 9.44. The molecule has 7 heteroatoms. The molecule has 4 N–H and O–H groups in total. The Morgan fingerprint density at radius 1 is 1.08 bits per heavy atom. The molecule has 1 aliphatic carbocycles. The summed E-state index contributed by atoms with van der Waals surface area (Å²) in [6.45, 7) is -0.0589. The summed E-state index contributed by atoms with van der Waals surface area (Å²) in [5.41, 5.74) is 0.985. The highest BCUT2D eigenvalue weighted by Gasteiger charge is 2.24. The molecule has 1 fully saturated rings. The van der Waals surface area contributed by atoms with Crippen molar-refractivity contribution in [3.63, 3.8) is 0 Å². The first kappa shape index (κ1) is 18.1. The van der Waals surface area contributed by atoms with Crippen LogP contribution in [-0.4, -0.2) is 47.2 Å². The number of aliphatic hydroxyl groups is 1. The van der Waals surface area contributed by atoms with Gasteiger partial charge in [0.2, 0.25) is 0 Å². The van der Waals surface area contributed by atoms with E-state index in [1.165, 1.54) is 0 Å². The van der Waals surface area contributed by atoms with Crippen molar-refractivity contribution in [3.8, 4) is 0 Å². The minimum Gasteiger partial charge on any atom is -0.465 e. The monoisotopic (exact) mass is 336 g/mol. The van der Waals surface area contributed by atoms with Crippen molar-refractivity contribution >= 4 is 12.2 Å². The maximum absolute atomic E-state index is 11.8. The van der Waals surface area contributed by atoms with Gasteiger partial charge in [-0.3, -0.25) is 0 Å². The first-order valence-corrected chi connectivity index (χ1v) is 8.17. The summed E-state index contributed by atoms with van der Waals surface area (Å²) >= 11 is 0. The fourth-order valence-electron chi connectivity index (χ4n) is 2.88. The molecule has 0 saturated heterocycles. The number of nitrogens with one attached hydrogen (secondary N) is 2. The number of hydrogen-bond acceptors (Lipinski definition) is 4. The molecule has 0 aliphatic heterocycles. The lowest BCUT2D eigenvalue weighted by atomic mass is 9.91. The van der Waals surface area contributed by atoms with Crippen molar-refractivity contribution in [2.45, 2.75) is 50.3 Å². The van der Waals surface area contributed by atoms with Crippen LogP contribution in [0.4, 0.5) is 9.59 Å². The van der Waals surface area contributed by atoms with Crippen LogP contribution in [0.2, 0.25) is 0 Å². The van der Waals surface area contributed by atoms with E-state index >= 15 is 0 Å². The lowest BCUT2D eigenvalue weighted by Gasteiger charge is -2.28.